The average molecular weight is 338 g/mol. The molecule has 1 aromatic carbocycles. The van der Waals surface area contributed by atoms with E-state index in [1.54, 1.807) is 7.11 Å². The van der Waals surface area contributed by atoms with Crippen molar-refractivity contribution < 1.29 is 4.74 Å². The van der Waals surface area contributed by atoms with Crippen molar-refractivity contribution >= 4 is 21.9 Å². The molecule has 0 radical (unpaired) electrons. The number of aromatic nitrogens is 2. The summed E-state index contributed by atoms with van der Waals surface area (Å²) in [5, 5.41) is 3.37. The van der Waals surface area contributed by atoms with Gasteiger partial charge in [0.05, 0.1) is 11.4 Å². The van der Waals surface area contributed by atoms with Gasteiger partial charge in [0.25, 0.3) is 0 Å². The molecule has 0 amide bonds. The van der Waals surface area contributed by atoms with Gasteiger partial charge in [-0.3, -0.25) is 4.57 Å². The molecule has 2 rings (SSSR count). The van der Waals surface area contributed by atoms with E-state index in [2.05, 4.69) is 56.1 Å². The minimum Gasteiger partial charge on any atom is -0.385 e. The molecule has 0 aliphatic rings. The SMILES string of the molecule is COCCCNc1nc(C)cn1-c1ccc(Br)cc1C. The number of nitrogens with zero attached hydrogens (tertiary/aromatic N) is 2. The lowest BCUT2D eigenvalue weighted by atomic mass is 10.2. The highest BCUT2D eigenvalue weighted by atomic mass is 79.9. The lowest BCUT2D eigenvalue weighted by Crippen LogP contribution is -2.09. The Bertz CT molecular complexity index is 580. The third kappa shape index (κ3) is 3.61. The first-order valence-corrected chi connectivity index (χ1v) is 7.46. The number of halogens is 1. The molecule has 0 saturated heterocycles. The molecule has 0 spiro atoms. The average Bonchev–Trinajstić information content (AvgIpc) is 2.76. The lowest BCUT2D eigenvalue weighted by molar-refractivity contribution is 0.197. The van der Waals surface area contributed by atoms with Gasteiger partial charge >= 0.3 is 0 Å². The zero-order valence-electron chi connectivity index (χ0n) is 12.1. The summed E-state index contributed by atoms with van der Waals surface area (Å²) >= 11 is 3.50. The molecule has 20 heavy (non-hydrogen) atoms. The van der Waals surface area contributed by atoms with Crippen molar-refractivity contribution in [2.24, 2.45) is 0 Å². The predicted molar refractivity (Wildman–Crippen MR) is 85.7 cm³/mol. The van der Waals surface area contributed by atoms with Gasteiger partial charge in [-0.25, -0.2) is 4.98 Å². The van der Waals surface area contributed by atoms with Crippen LogP contribution >= 0.6 is 15.9 Å². The highest BCUT2D eigenvalue weighted by molar-refractivity contribution is 9.10. The lowest BCUT2D eigenvalue weighted by Gasteiger charge is -2.12. The first-order chi connectivity index (χ1) is 9.61. The molecule has 0 bridgehead atoms. The fourth-order valence-electron chi connectivity index (χ4n) is 2.11. The van der Waals surface area contributed by atoms with Gasteiger partial charge < -0.3 is 10.1 Å². The summed E-state index contributed by atoms with van der Waals surface area (Å²) in [5.41, 5.74) is 3.35. The third-order valence-electron chi connectivity index (χ3n) is 3.05. The normalized spacial score (nSPS) is 10.8. The summed E-state index contributed by atoms with van der Waals surface area (Å²) in [5.74, 6) is 0.879. The van der Waals surface area contributed by atoms with Crippen molar-refractivity contribution in [2.75, 3.05) is 25.6 Å². The second-order valence-corrected chi connectivity index (χ2v) is 5.70. The minimum atomic E-state index is 0.754. The maximum Gasteiger partial charge on any atom is 0.207 e. The smallest absolute Gasteiger partial charge is 0.207 e. The van der Waals surface area contributed by atoms with Crippen molar-refractivity contribution in [1.29, 1.82) is 0 Å². The van der Waals surface area contributed by atoms with E-state index >= 15 is 0 Å². The van der Waals surface area contributed by atoms with E-state index in [1.165, 1.54) is 5.56 Å². The minimum absolute atomic E-state index is 0.754. The van der Waals surface area contributed by atoms with Gasteiger partial charge in [-0.15, -0.1) is 0 Å². The van der Waals surface area contributed by atoms with Crippen LogP contribution in [-0.2, 0) is 4.74 Å². The standard InChI is InChI=1S/C15H20BrN3O/c1-11-9-13(16)5-6-14(11)19-10-12(2)18-15(19)17-7-4-8-20-3/h5-6,9-10H,4,7-8H2,1-3H3,(H,17,18). The fourth-order valence-corrected chi connectivity index (χ4v) is 2.59. The second-order valence-electron chi connectivity index (χ2n) is 4.78. The molecular formula is C15H20BrN3O. The van der Waals surface area contributed by atoms with E-state index in [-0.39, 0.29) is 0 Å². The molecule has 0 aliphatic heterocycles. The van der Waals surface area contributed by atoms with Crippen LogP contribution in [0.3, 0.4) is 0 Å². The van der Waals surface area contributed by atoms with Gasteiger partial charge in [0, 0.05) is 30.9 Å². The molecule has 1 heterocycles. The molecule has 0 unspecified atom stereocenters. The number of anilines is 1. The largest absolute Gasteiger partial charge is 0.385 e. The van der Waals surface area contributed by atoms with Gasteiger partial charge in [0.2, 0.25) is 5.95 Å². The zero-order valence-corrected chi connectivity index (χ0v) is 13.7. The number of benzene rings is 1. The van der Waals surface area contributed by atoms with Gasteiger partial charge in [-0.1, -0.05) is 15.9 Å². The monoisotopic (exact) mass is 337 g/mol. The molecule has 108 valence electrons. The Hall–Kier alpha value is -1.33. The zero-order chi connectivity index (χ0) is 14.5. The van der Waals surface area contributed by atoms with Crippen LogP contribution in [0.1, 0.15) is 17.7 Å². The molecule has 0 atom stereocenters. The Morgan fingerprint density at radius 1 is 1.35 bits per heavy atom. The van der Waals surface area contributed by atoms with Crippen molar-refractivity contribution in [3.05, 3.63) is 40.1 Å². The maximum atomic E-state index is 5.06. The van der Waals surface area contributed by atoms with E-state index in [1.807, 2.05) is 13.0 Å². The molecule has 0 fully saturated rings. The van der Waals surface area contributed by atoms with Crippen molar-refractivity contribution in [1.82, 2.24) is 9.55 Å². The summed E-state index contributed by atoms with van der Waals surface area (Å²) in [6.07, 6.45) is 3.01. The topological polar surface area (TPSA) is 39.1 Å². The fraction of sp³-hybridized carbons (Fsp3) is 0.400. The summed E-state index contributed by atoms with van der Waals surface area (Å²) in [6.45, 7) is 5.71. The molecule has 1 aromatic heterocycles. The van der Waals surface area contributed by atoms with Crippen LogP contribution in [0, 0.1) is 13.8 Å². The first kappa shape index (κ1) is 15.1. The van der Waals surface area contributed by atoms with E-state index < -0.39 is 0 Å². The molecular weight excluding hydrogens is 318 g/mol. The van der Waals surface area contributed by atoms with E-state index in [0.29, 0.717) is 0 Å². The number of hydrogen-bond acceptors (Lipinski definition) is 3. The summed E-state index contributed by atoms with van der Waals surface area (Å²) in [6, 6.07) is 6.26. The molecule has 4 nitrogen and oxygen atoms in total. The van der Waals surface area contributed by atoms with Crippen LogP contribution in [0.5, 0.6) is 0 Å². The number of hydrogen-bond donors (Lipinski definition) is 1. The number of methoxy groups -OCH3 is 1. The molecule has 2 aromatic rings. The number of aryl methyl sites for hydroxylation is 2. The van der Waals surface area contributed by atoms with Crippen LogP contribution < -0.4 is 5.32 Å². The number of nitrogens with one attached hydrogen (secondary N) is 1. The van der Waals surface area contributed by atoms with Crippen molar-refractivity contribution in [3.63, 3.8) is 0 Å². The van der Waals surface area contributed by atoms with Gasteiger partial charge in [-0.05, 0) is 44.0 Å². The Balaban J connectivity index is 2.22. The van der Waals surface area contributed by atoms with Crippen molar-refractivity contribution in [2.45, 2.75) is 20.3 Å². The van der Waals surface area contributed by atoms with Crippen LogP contribution in [0.2, 0.25) is 0 Å². The van der Waals surface area contributed by atoms with Crippen LogP contribution in [-0.4, -0.2) is 29.8 Å². The second kappa shape index (κ2) is 6.90. The van der Waals surface area contributed by atoms with Gasteiger partial charge in [0.15, 0.2) is 0 Å². The quantitative estimate of drug-likeness (QED) is 0.817. The van der Waals surface area contributed by atoms with Crippen LogP contribution in [0.25, 0.3) is 5.69 Å². The van der Waals surface area contributed by atoms with Crippen LogP contribution in [0.4, 0.5) is 5.95 Å². The first-order valence-electron chi connectivity index (χ1n) is 6.67. The summed E-state index contributed by atoms with van der Waals surface area (Å²) < 4.78 is 8.25. The molecule has 0 aliphatic carbocycles. The number of rotatable bonds is 6. The highest BCUT2D eigenvalue weighted by Crippen LogP contribution is 2.23. The maximum absolute atomic E-state index is 5.06. The van der Waals surface area contributed by atoms with Gasteiger partial charge in [0.1, 0.15) is 0 Å². The molecule has 1 N–H and O–H groups in total. The van der Waals surface area contributed by atoms with Crippen LogP contribution in [0.15, 0.2) is 28.9 Å². The summed E-state index contributed by atoms with van der Waals surface area (Å²) in [7, 11) is 1.72. The Labute approximate surface area is 128 Å². The molecule has 5 heteroatoms. The third-order valence-corrected chi connectivity index (χ3v) is 3.55. The van der Waals surface area contributed by atoms with Gasteiger partial charge in [-0.2, -0.15) is 0 Å². The number of imidazole rings is 1. The summed E-state index contributed by atoms with van der Waals surface area (Å²) in [4.78, 5) is 4.55. The highest BCUT2D eigenvalue weighted by Gasteiger charge is 2.09. The Morgan fingerprint density at radius 2 is 2.15 bits per heavy atom. The van der Waals surface area contributed by atoms with E-state index in [9.17, 15) is 0 Å². The Kier molecular flexibility index (Phi) is 5.20. The van der Waals surface area contributed by atoms with Crippen molar-refractivity contribution in [3.8, 4) is 5.69 Å². The van der Waals surface area contributed by atoms with E-state index in [0.717, 1.165) is 41.4 Å². The molecule has 0 saturated carbocycles. The van der Waals surface area contributed by atoms with E-state index in [4.69, 9.17) is 4.74 Å². The Morgan fingerprint density at radius 3 is 2.85 bits per heavy atom. The predicted octanol–water partition coefficient (Wildman–Crippen LogP) is 3.70. The number of ether oxygens (including phenoxy) is 1.